The molecule has 0 atom stereocenters. The van der Waals surface area contributed by atoms with Crippen molar-refractivity contribution in [3.63, 3.8) is 0 Å². The van der Waals surface area contributed by atoms with Crippen molar-refractivity contribution in [2.24, 2.45) is 17.6 Å². The highest BCUT2D eigenvalue weighted by Gasteiger charge is 2.42. The third kappa shape index (κ3) is 2.07. The van der Waals surface area contributed by atoms with Gasteiger partial charge in [0.1, 0.15) is 0 Å². The van der Waals surface area contributed by atoms with Crippen molar-refractivity contribution in [2.75, 3.05) is 19.6 Å². The number of rotatable bonds is 3. The average Bonchev–Trinajstić information content (AvgIpc) is 2.18. The molecule has 1 aliphatic carbocycles. The molecule has 15 heavy (non-hydrogen) atoms. The predicted molar refractivity (Wildman–Crippen MR) is 64.8 cm³/mol. The monoisotopic (exact) mass is 210 g/mol. The van der Waals surface area contributed by atoms with Crippen molar-refractivity contribution in [1.29, 1.82) is 0 Å². The first-order chi connectivity index (χ1) is 7.18. The zero-order valence-electron chi connectivity index (χ0n) is 10.3. The standard InChI is InChI=1S/C13H26N2/c1-11(2)12-4-8-15(9-5-12)13(10-14)6-3-7-13/h11-12H,3-10,14H2,1-2H3. The molecule has 2 nitrogen and oxygen atoms in total. The summed E-state index contributed by atoms with van der Waals surface area (Å²) in [6.45, 7) is 8.18. The van der Waals surface area contributed by atoms with Gasteiger partial charge >= 0.3 is 0 Å². The molecule has 0 aromatic carbocycles. The van der Waals surface area contributed by atoms with Crippen LogP contribution in [0.3, 0.4) is 0 Å². The number of hydrogen-bond donors (Lipinski definition) is 1. The fourth-order valence-electron chi connectivity index (χ4n) is 3.27. The Bertz CT molecular complexity index is 195. The molecule has 0 spiro atoms. The van der Waals surface area contributed by atoms with Crippen LogP contribution in [0.15, 0.2) is 0 Å². The lowest BCUT2D eigenvalue weighted by molar-refractivity contribution is -0.00697. The fourth-order valence-corrected chi connectivity index (χ4v) is 3.27. The van der Waals surface area contributed by atoms with E-state index in [-0.39, 0.29) is 0 Å². The van der Waals surface area contributed by atoms with Crippen LogP contribution in [0.1, 0.15) is 46.0 Å². The van der Waals surface area contributed by atoms with E-state index in [2.05, 4.69) is 18.7 Å². The summed E-state index contributed by atoms with van der Waals surface area (Å²) in [5.74, 6) is 1.82. The van der Waals surface area contributed by atoms with Gasteiger partial charge in [-0.1, -0.05) is 13.8 Å². The Morgan fingerprint density at radius 2 is 1.87 bits per heavy atom. The summed E-state index contributed by atoms with van der Waals surface area (Å²) >= 11 is 0. The van der Waals surface area contributed by atoms with Crippen LogP contribution in [-0.4, -0.2) is 30.1 Å². The summed E-state index contributed by atoms with van der Waals surface area (Å²) in [6, 6.07) is 0. The minimum absolute atomic E-state index is 0.419. The molecular formula is C13H26N2. The van der Waals surface area contributed by atoms with Gasteiger partial charge < -0.3 is 5.73 Å². The highest BCUT2D eigenvalue weighted by molar-refractivity contribution is 5.00. The molecule has 0 amide bonds. The molecule has 2 N–H and O–H groups in total. The lowest BCUT2D eigenvalue weighted by Gasteiger charge is -2.52. The molecule has 0 bridgehead atoms. The summed E-state index contributed by atoms with van der Waals surface area (Å²) in [4.78, 5) is 2.69. The fraction of sp³-hybridized carbons (Fsp3) is 1.00. The molecule has 1 aliphatic heterocycles. The van der Waals surface area contributed by atoms with E-state index >= 15 is 0 Å². The number of nitrogens with two attached hydrogens (primary N) is 1. The molecule has 1 saturated heterocycles. The van der Waals surface area contributed by atoms with E-state index in [1.165, 1.54) is 45.2 Å². The van der Waals surface area contributed by atoms with Gasteiger partial charge in [0.15, 0.2) is 0 Å². The van der Waals surface area contributed by atoms with Gasteiger partial charge in [-0.2, -0.15) is 0 Å². The van der Waals surface area contributed by atoms with Crippen molar-refractivity contribution in [3.05, 3.63) is 0 Å². The second-order valence-electron chi connectivity index (χ2n) is 5.85. The van der Waals surface area contributed by atoms with Gasteiger partial charge in [0.25, 0.3) is 0 Å². The van der Waals surface area contributed by atoms with E-state index in [1.807, 2.05) is 0 Å². The second-order valence-corrected chi connectivity index (χ2v) is 5.85. The van der Waals surface area contributed by atoms with Crippen molar-refractivity contribution >= 4 is 0 Å². The molecule has 0 unspecified atom stereocenters. The molecule has 0 radical (unpaired) electrons. The van der Waals surface area contributed by atoms with Crippen LogP contribution < -0.4 is 5.73 Å². The van der Waals surface area contributed by atoms with Crippen LogP contribution in [0.4, 0.5) is 0 Å². The Morgan fingerprint density at radius 1 is 1.27 bits per heavy atom. The quantitative estimate of drug-likeness (QED) is 0.774. The zero-order chi connectivity index (χ0) is 10.9. The Hall–Kier alpha value is -0.0800. The molecular weight excluding hydrogens is 184 g/mol. The molecule has 1 saturated carbocycles. The van der Waals surface area contributed by atoms with Crippen LogP contribution in [-0.2, 0) is 0 Å². The predicted octanol–water partition coefficient (Wildman–Crippen LogP) is 2.24. The lowest BCUT2D eigenvalue weighted by atomic mass is 9.73. The molecule has 88 valence electrons. The summed E-state index contributed by atoms with van der Waals surface area (Å²) < 4.78 is 0. The van der Waals surface area contributed by atoms with Crippen LogP contribution in [0.5, 0.6) is 0 Å². The van der Waals surface area contributed by atoms with Crippen molar-refractivity contribution in [2.45, 2.75) is 51.5 Å². The maximum Gasteiger partial charge on any atom is 0.0331 e. The van der Waals surface area contributed by atoms with Gasteiger partial charge in [-0.05, 0) is 57.0 Å². The molecule has 2 fully saturated rings. The van der Waals surface area contributed by atoms with Gasteiger partial charge in [-0.3, -0.25) is 4.90 Å². The van der Waals surface area contributed by atoms with Crippen LogP contribution in [0.25, 0.3) is 0 Å². The van der Waals surface area contributed by atoms with Crippen molar-refractivity contribution in [1.82, 2.24) is 4.90 Å². The van der Waals surface area contributed by atoms with Gasteiger partial charge in [0.05, 0.1) is 0 Å². The molecule has 0 aromatic rings. The minimum Gasteiger partial charge on any atom is -0.329 e. The number of nitrogens with zero attached hydrogens (tertiary/aromatic N) is 1. The largest absolute Gasteiger partial charge is 0.329 e. The normalized spacial score (nSPS) is 28.0. The van der Waals surface area contributed by atoms with E-state index in [0.29, 0.717) is 5.54 Å². The maximum absolute atomic E-state index is 5.95. The van der Waals surface area contributed by atoms with E-state index in [9.17, 15) is 0 Å². The number of piperidine rings is 1. The molecule has 2 aliphatic rings. The van der Waals surface area contributed by atoms with Gasteiger partial charge in [-0.25, -0.2) is 0 Å². The summed E-state index contributed by atoms with van der Waals surface area (Å²) in [5.41, 5.74) is 6.37. The maximum atomic E-state index is 5.95. The SMILES string of the molecule is CC(C)C1CCN(C2(CN)CCC2)CC1. The van der Waals surface area contributed by atoms with Crippen LogP contribution in [0, 0.1) is 11.8 Å². The Balaban J connectivity index is 1.87. The summed E-state index contributed by atoms with van der Waals surface area (Å²) in [5, 5.41) is 0. The number of likely N-dealkylation sites (tertiary alicyclic amines) is 1. The third-order valence-corrected chi connectivity index (χ3v) is 4.82. The third-order valence-electron chi connectivity index (χ3n) is 4.82. The lowest BCUT2D eigenvalue weighted by Crippen LogP contribution is -2.60. The first-order valence-electron chi connectivity index (χ1n) is 6.63. The summed E-state index contributed by atoms with van der Waals surface area (Å²) in [7, 11) is 0. The Kier molecular flexibility index (Phi) is 3.36. The smallest absolute Gasteiger partial charge is 0.0331 e. The Labute approximate surface area is 94.2 Å². The Morgan fingerprint density at radius 3 is 2.20 bits per heavy atom. The van der Waals surface area contributed by atoms with Crippen molar-refractivity contribution < 1.29 is 0 Å². The van der Waals surface area contributed by atoms with Gasteiger partial charge in [0.2, 0.25) is 0 Å². The van der Waals surface area contributed by atoms with E-state index in [4.69, 9.17) is 5.73 Å². The topological polar surface area (TPSA) is 29.3 Å². The first-order valence-corrected chi connectivity index (χ1v) is 6.63. The van der Waals surface area contributed by atoms with Crippen molar-refractivity contribution in [3.8, 4) is 0 Å². The first kappa shape index (κ1) is 11.4. The van der Waals surface area contributed by atoms with Crippen LogP contribution in [0.2, 0.25) is 0 Å². The van der Waals surface area contributed by atoms with E-state index < -0.39 is 0 Å². The minimum atomic E-state index is 0.419. The molecule has 1 heterocycles. The molecule has 2 heteroatoms. The molecule has 2 rings (SSSR count). The molecule has 0 aromatic heterocycles. The highest BCUT2D eigenvalue weighted by atomic mass is 15.2. The summed E-state index contributed by atoms with van der Waals surface area (Å²) in [6.07, 6.45) is 6.85. The van der Waals surface area contributed by atoms with E-state index in [0.717, 1.165) is 18.4 Å². The second kappa shape index (κ2) is 4.42. The highest BCUT2D eigenvalue weighted by Crippen LogP contribution is 2.39. The van der Waals surface area contributed by atoms with Gasteiger partial charge in [-0.15, -0.1) is 0 Å². The van der Waals surface area contributed by atoms with E-state index in [1.54, 1.807) is 0 Å². The van der Waals surface area contributed by atoms with Gasteiger partial charge in [0, 0.05) is 12.1 Å². The number of hydrogen-bond acceptors (Lipinski definition) is 2. The van der Waals surface area contributed by atoms with Crippen LogP contribution >= 0.6 is 0 Å². The zero-order valence-corrected chi connectivity index (χ0v) is 10.3. The average molecular weight is 210 g/mol.